The number of aliphatic imine (C=N–C) groups is 1. The number of rotatable bonds is 5. The zero-order valence-corrected chi connectivity index (χ0v) is 12.7. The standard InChI is InChI=1S/C16H24N2S/c1-3-15-11-12-19-16(18-15)17-13(2)9-10-14-7-5-4-6-8-14/h4-8,13,15H,3,9-12H2,1-2H3,(H,17,18). The molecule has 0 bridgehead atoms. The Morgan fingerprint density at radius 1 is 1.37 bits per heavy atom. The summed E-state index contributed by atoms with van der Waals surface area (Å²) in [5.74, 6) is 1.20. The van der Waals surface area contributed by atoms with E-state index in [0.717, 1.165) is 24.4 Å². The molecule has 0 spiro atoms. The highest BCUT2D eigenvalue weighted by Gasteiger charge is 2.15. The summed E-state index contributed by atoms with van der Waals surface area (Å²) < 4.78 is 0. The Bertz CT molecular complexity index is 402. The number of nitrogens with zero attached hydrogens (tertiary/aromatic N) is 1. The monoisotopic (exact) mass is 276 g/mol. The summed E-state index contributed by atoms with van der Waals surface area (Å²) in [7, 11) is 0. The highest BCUT2D eigenvalue weighted by atomic mass is 32.2. The maximum atomic E-state index is 4.76. The Labute approximate surface area is 121 Å². The molecule has 1 N–H and O–H groups in total. The molecule has 1 heterocycles. The molecule has 0 saturated carbocycles. The summed E-state index contributed by atoms with van der Waals surface area (Å²) >= 11 is 1.87. The first-order valence-electron chi connectivity index (χ1n) is 7.29. The number of aryl methyl sites for hydroxylation is 1. The first-order valence-corrected chi connectivity index (χ1v) is 8.27. The Morgan fingerprint density at radius 2 is 2.16 bits per heavy atom. The molecule has 2 rings (SSSR count). The van der Waals surface area contributed by atoms with E-state index < -0.39 is 0 Å². The molecule has 104 valence electrons. The van der Waals surface area contributed by atoms with E-state index in [9.17, 15) is 0 Å². The molecule has 19 heavy (non-hydrogen) atoms. The van der Waals surface area contributed by atoms with Crippen LogP contribution in [-0.2, 0) is 6.42 Å². The molecule has 0 saturated heterocycles. The van der Waals surface area contributed by atoms with E-state index >= 15 is 0 Å². The lowest BCUT2D eigenvalue weighted by atomic mass is 10.1. The Morgan fingerprint density at radius 3 is 2.89 bits per heavy atom. The minimum absolute atomic E-state index is 0.488. The Balaban J connectivity index is 1.78. The molecule has 0 fully saturated rings. The van der Waals surface area contributed by atoms with E-state index in [-0.39, 0.29) is 0 Å². The number of hydrogen-bond donors (Lipinski definition) is 1. The van der Waals surface area contributed by atoms with Gasteiger partial charge in [-0.1, -0.05) is 49.0 Å². The third-order valence-electron chi connectivity index (χ3n) is 3.54. The van der Waals surface area contributed by atoms with E-state index in [4.69, 9.17) is 4.99 Å². The van der Waals surface area contributed by atoms with Crippen molar-refractivity contribution in [1.82, 2.24) is 5.32 Å². The van der Waals surface area contributed by atoms with Crippen LogP contribution in [0.3, 0.4) is 0 Å². The molecule has 3 heteroatoms. The average Bonchev–Trinajstić information content (AvgIpc) is 2.46. The highest BCUT2D eigenvalue weighted by molar-refractivity contribution is 8.13. The van der Waals surface area contributed by atoms with Crippen LogP contribution in [0.2, 0.25) is 0 Å². The summed E-state index contributed by atoms with van der Waals surface area (Å²) in [4.78, 5) is 4.76. The van der Waals surface area contributed by atoms with Gasteiger partial charge in [0.2, 0.25) is 0 Å². The van der Waals surface area contributed by atoms with Gasteiger partial charge >= 0.3 is 0 Å². The minimum atomic E-state index is 0.488. The van der Waals surface area contributed by atoms with Gasteiger partial charge in [0.1, 0.15) is 0 Å². The Kier molecular flexibility index (Phi) is 5.77. The van der Waals surface area contributed by atoms with Crippen LogP contribution in [0.25, 0.3) is 0 Å². The van der Waals surface area contributed by atoms with Crippen molar-refractivity contribution in [2.45, 2.75) is 51.6 Å². The smallest absolute Gasteiger partial charge is 0.157 e. The second-order valence-corrected chi connectivity index (χ2v) is 6.29. The highest BCUT2D eigenvalue weighted by Crippen LogP contribution is 2.19. The molecule has 2 nitrogen and oxygen atoms in total. The average molecular weight is 276 g/mol. The van der Waals surface area contributed by atoms with Crippen molar-refractivity contribution in [1.29, 1.82) is 0 Å². The van der Waals surface area contributed by atoms with Crippen LogP contribution in [0.15, 0.2) is 35.3 Å². The van der Waals surface area contributed by atoms with E-state index in [1.165, 1.54) is 17.7 Å². The lowest BCUT2D eigenvalue weighted by Gasteiger charge is -2.22. The molecule has 0 radical (unpaired) electrons. The third-order valence-corrected chi connectivity index (χ3v) is 4.48. The van der Waals surface area contributed by atoms with Crippen LogP contribution in [0.1, 0.15) is 38.7 Å². The van der Waals surface area contributed by atoms with Crippen LogP contribution in [0.4, 0.5) is 0 Å². The second kappa shape index (κ2) is 7.59. The van der Waals surface area contributed by atoms with Gasteiger partial charge in [0, 0.05) is 11.8 Å². The first kappa shape index (κ1) is 14.4. The van der Waals surface area contributed by atoms with Crippen molar-refractivity contribution in [2.24, 2.45) is 4.99 Å². The van der Waals surface area contributed by atoms with Crippen LogP contribution in [0.5, 0.6) is 0 Å². The molecule has 0 amide bonds. The third kappa shape index (κ3) is 4.90. The van der Waals surface area contributed by atoms with E-state index in [1.807, 2.05) is 11.8 Å². The lowest BCUT2D eigenvalue weighted by molar-refractivity contribution is 0.591. The van der Waals surface area contributed by atoms with Crippen molar-refractivity contribution < 1.29 is 0 Å². The molecule has 2 unspecified atom stereocenters. The molecule has 1 aromatic rings. The number of amidine groups is 1. The zero-order chi connectivity index (χ0) is 13.5. The first-order chi connectivity index (χ1) is 9.28. The van der Waals surface area contributed by atoms with Gasteiger partial charge in [-0.25, -0.2) is 0 Å². The number of hydrogen-bond acceptors (Lipinski definition) is 3. The fourth-order valence-corrected chi connectivity index (χ4v) is 3.34. The summed E-state index contributed by atoms with van der Waals surface area (Å²) in [5.41, 5.74) is 1.42. The fourth-order valence-electron chi connectivity index (χ4n) is 2.24. The number of nitrogens with one attached hydrogen (secondary N) is 1. The summed E-state index contributed by atoms with van der Waals surface area (Å²) in [5, 5.41) is 4.72. The van der Waals surface area contributed by atoms with Crippen molar-refractivity contribution in [3.8, 4) is 0 Å². The van der Waals surface area contributed by atoms with Gasteiger partial charge in [0.25, 0.3) is 0 Å². The van der Waals surface area contributed by atoms with Gasteiger partial charge in [-0.15, -0.1) is 0 Å². The van der Waals surface area contributed by atoms with Crippen molar-refractivity contribution in [3.63, 3.8) is 0 Å². The van der Waals surface area contributed by atoms with Crippen LogP contribution < -0.4 is 5.32 Å². The molecule has 0 aliphatic carbocycles. The molecule has 1 aliphatic heterocycles. The maximum absolute atomic E-state index is 4.76. The topological polar surface area (TPSA) is 24.4 Å². The van der Waals surface area contributed by atoms with Crippen molar-refractivity contribution in [2.75, 3.05) is 5.75 Å². The molecule has 1 aromatic carbocycles. The predicted molar refractivity (Wildman–Crippen MR) is 85.9 cm³/mol. The number of benzene rings is 1. The summed E-state index contributed by atoms with van der Waals surface area (Å²) in [6.07, 6.45) is 4.67. The number of thioether (sulfide) groups is 1. The molecule has 2 atom stereocenters. The zero-order valence-electron chi connectivity index (χ0n) is 11.9. The Hall–Kier alpha value is -0.960. The SMILES string of the molecule is CCC1CCSC(NC(C)CCc2ccccc2)=N1. The quantitative estimate of drug-likeness (QED) is 0.883. The lowest BCUT2D eigenvalue weighted by Crippen LogP contribution is -2.34. The van der Waals surface area contributed by atoms with E-state index in [1.54, 1.807) is 0 Å². The summed E-state index contributed by atoms with van der Waals surface area (Å²) in [6, 6.07) is 11.7. The van der Waals surface area contributed by atoms with Crippen molar-refractivity contribution in [3.05, 3.63) is 35.9 Å². The van der Waals surface area contributed by atoms with Gasteiger partial charge in [-0.3, -0.25) is 4.99 Å². The molecule has 0 aromatic heterocycles. The van der Waals surface area contributed by atoms with Gasteiger partial charge in [-0.2, -0.15) is 0 Å². The second-order valence-electron chi connectivity index (χ2n) is 5.20. The van der Waals surface area contributed by atoms with E-state index in [0.29, 0.717) is 12.1 Å². The molecular weight excluding hydrogens is 252 g/mol. The largest absolute Gasteiger partial charge is 0.362 e. The van der Waals surface area contributed by atoms with Gasteiger partial charge in [0.15, 0.2) is 5.17 Å². The summed E-state index contributed by atoms with van der Waals surface area (Å²) in [6.45, 7) is 4.47. The molecule has 1 aliphatic rings. The van der Waals surface area contributed by atoms with Crippen LogP contribution in [-0.4, -0.2) is 23.0 Å². The van der Waals surface area contributed by atoms with E-state index in [2.05, 4.69) is 49.5 Å². The molecular formula is C16H24N2S. The van der Waals surface area contributed by atoms with Gasteiger partial charge in [-0.05, 0) is 38.2 Å². The maximum Gasteiger partial charge on any atom is 0.157 e. The minimum Gasteiger partial charge on any atom is -0.362 e. The van der Waals surface area contributed by atoms with Gasteiger partial charge in [0.05, 0.1) is 6.04 Å². The normalized spacial score (nSPS) is 20.7. The predicted octanol–water partition coefficient (Wildman–Crippen LogP) is 3.87. The fraction of sp³-hybridized carbons (Fsp3) is 0.562. The van der Waals surface area contributed by atoms with Crippen molar-refractivity contribution >= 4 is 16.9 Å². The van der Waals surface area contributed by atoms with Gasteiger partial charge < -0.3 is 5.32 Å². The van der Waals surface area contributed by atoms with Crippen LogP contribution in [0, 0.1) is 0 Å². The van der Waals surface area contributed by atoms with Crippen LogP contribution >= 0.6 is 11.8 Å².